The summed E-state index contributed by atoms with van der Waals surface area (Å²) >= 11 is 5.98. The Bertz CT molecular complexity index is 626. The van der Waals surface area contributed by atoms with Crippen molar-refractivity contribution in [1.82, 2.24) is 0 Å². The number of nitrogens with one attached hydrogen (secondary N) is 1. The van der Waals surface area contributed by atoms with E-state index in [0.717, 1.165) is 5.69 Å². The summed E-state index contributed by atoms with van der Waals surface area (Å²) in [5.74, 6) is -0.436. The lowest BCUT2D eigenvalue weighted by Gasteiger charge is -2.10. The van der Waals surface area contributed by atoms with Crippen LogP contribution in [0.5, 0.6) is 0 Å². The molecule has 4 heteroatoms. The fourth-order valence-electron chi connectivity index (χ4n) is 1.91. The van der Waals surface area contributed by atoms with Crippen LogP contribution < -0.4 is 5.32 Å². The summed E-state index contributed by atoms with van der Waals surface area (Å²) in [5.41, 5.74) is 3.63. The molecule has 20 heavy (non-hydrogen) atoms. The molecule has 0 spiro atoms. The van der Waals surface area contributed by atoms with Crippen LogP contribution in [0, 0.1) is 6.92 Å². The number of methoxy groups -OCH3 is 1. The van der Waals surface area contributed by atoms with Crippen molar-refractivity contribution in [3.05, 3.63) is 64.2 Å². The second-order valence-electron chi connectivity index (χ2n) is 4.47. The van der Waals surface area contributed by atoms with Crippen molar-refractivity contribution in [2.24, 2.45) is 0 Å². The Morgan fingerprint density at radius 1 is 1.25 bits per heavy atom. The zero-order valence-electron chi connectivity index (χ0n) is 11.4. The highest BCUT2D eigenvalue weighted by atomic mass is 35.5. The molecule has 0 radical (unpaired) electrons. The van der Waals surface area contributed by atoms with Gasteiger partial charge >= 0.3 is 5.97 Å². The summed E-state index contributed by atoms with van der Waals surface area (Å²) in [7, 11) is 1.34. The first-order valence-electron chi connectivity index (χ1n) is 6.28. The first-order chi connectivity index (χ1) is 9.61. The molecule has 0 amide bonds. The molecule has 0 aliphatic carbocycles. The number of aryl methyl sites for hydroxylation is 1. The number of halogens is 1. The van der Waals surface area contributed by atoms with Gasteiger partial charge in [-0.25, -0.2) is 4.79 Å². The fourth-order valence-corrected chi connectivity index (χ4v) is 2.10. The van der Waals surface area contributed by atoms with Crippen molar-refractivity contribution in [2.45, 2.75) is 13.5 Å². The van der Waals surface area contributed by atoms with E-state index in [4.69, 9.17) is 16.3 Å². The van der Waals surface area contributed by atoms with Gasteiger partial charge < -0.3 is 10.1 Å². The van der Waals surface area contributed by atoms with Crippen LogP contribution in [0.25, 0.3) is 0 Å². The fraction of sp³-hybridized carbons (Fsp3) is 0.188. The predicted molar refractivity (Wildman–Crippen MR) is 81.3 cm³/mol. The average molecular weight is 290 g/mol. The molecule has 0 aliphatic heterocycles. The number of esters is 1. The van der Waals surface area contributed by atoms with Gasteiger partial charge in [0.2, 0.25) is 0 Å². The van der Waals surface area contributed by atoms with Gasteiger partial charge in [0.25, 0.3) is 0 Å². The smallest absolute Gasteiger partial charge is 0.339 e. The number of hydrogen-bond acceptors (Lipinski definition) is 3. The van der Waals surface area contributed by atoms with E-state index in [2.05, 4.69) is 24.4 Å². The third-order valence-electron chi connectivity index (χ3n) is 3.12. The van der Waals surface area contributed by atoms with E-state index in [9.17, 15) is 4.79 Å². The number of carbonyl (C=O) groups excluding carboxylic acids is 1. The number of hydrogen-bond donors (Lipinski definition) is 1. The van der Waals surface area contributed by atoms with Gasteiger partial charge in [-0.15, -0.1) is 0 Å². The molecule has 0 heterocycles. The molecule has 2 rings (SSSR count). The zero-order chi connectivity index (χ0) is 14.5. The molecule has 0 fully saturated rings. The summed E-state index contributed by atoms with van der Waals surface area (Å²) in [4.78, 5) is 11.6. The number of benzene rings is 2. The van der Waals surface area contributed by atoms with Gasteiger partial charge in [0.05, 0.1) is 17.7 Å². The van der Waals surface area contributed by atoms with Crippen LogP contribution in [0.4, 0.5) is 5.69 Å². The zero-order valence-corrected chi connectivity index (χ0v) is 12.2. The SMILES string of the molecule is COC(=O)c1cc(NCc2ccccc2C)ccc1Cl. The molecule has 2 aromatic rings. The average Bonchev–Trinajstić information content (AvgIpc) is 2.47. The standard InChI is InChI=1S/C16H16ClNO2/c1-11-5-3-4-6-12(11)10-18-13-7-8-15(17)14(9-13)16(19)20-2/h3-9,18H,10H2,1-2H3. The maximum atomic E-state index is 11.6. The van der Waals surface area contributed by atoms with E-state index < -0.39 is 5.97 Å². The van der Waals surface area contributed by atoms with E-state index in [0.29, 0.717) is 17.1 Å². The molecule has 104 valence electrons. The third kappa shape index (κ3) is 3.31. The first-order valence-corrected chi connectivity index (χ1v) is 6.66. The molecule has 0 atom stereocenters. The van der Waals surface area contributed by atoms with Crippen molar-refractivity contribution in [1.29, 1.82) is 0 Å². The Morgan fingerprint density at radius 2 is 2.00 bits per heavy atom. The highest BCUT2D eigenvalue weighted by Gasteiger charge is 2.11. The molecule has 1 N–H and O–H groups in total. The quantitative estimate of drug-likeness (QED) is 0.863. The minimum absolute atomic E-state index is 0.365. The van der Waals surface area contributed by atoms with Gasteiger partial charge in [-0.2, -0.15) is 0 Å². The Balaban J connectivity index is 2.14. The summed E-state index contributed by atoms with van der Waals surface area (Å²) in [6.45, 7) is 2.76. The predicted octanol–water partition coefficient (Wildman–Crippen LogP) is 4.05. The molecule has 0 aromatic heterocycles. The summed E-state index contributed by atoms with van der Waals surface area (Å²) in [6, 6.07) is 13.4. The normalized spacial score (nSPS) is 10.2. The highest BCUT2D eigenvalue weighted by Crippen LogP contribution is 2.22. The molecule has 0 unspecified atom stereocenters. The lowest BCUT2D eigenvalue weighted by molar-refractivity contribution is 0.0601. The highest BCUT2D eigenvalue weighted by molar-refractivity contribution is 6.33. The van der Waals surface area contributed by atoms with E-state index in [1.807, 2.05) is 18.2 Å². The van der Waals surface area contributed by atoms with Crippen molar-refractivity contribution >= 4 is 23.3 Å². The van der Waals surface area contributed by atoms with Crippen molar-refractivity contribution in [3.8, 4) is 0 Å². The molecular formula is C16H16ClNO2. The van der Waals surface area contributed by atoms with Crippen molar-refractivity contribution in [3.63, 3.8) is 0 Å². The van der Waals surface area contributed by atoms with Gasteiger partial charge in [0, 0.05) is 12.2 Å². The molecular weight excluding hydrogens is 274 g/mol. The van der Waals surface area contributed by atoms with Crippen LogP contribution in [-0.2, 0) is 11.3 Å². The lowest BCUT2D eigenvalue weighted by Crippen LogP contribution is -2.05. The summed E-state index contributed by atoms with van der Waals surface area (Å²) < 4.78 is 4.70. The lowest BCUT2D eigenvalue weighted by atomic mass is 10.1. The second kappa shape index (κ2) is 6.44. The number of rotatable bonds is 4. The summed E-state index contributed by atoms with van der Waals surface area (Å²) in [6.07, 6.45) is 0. The maximum Gasteiger partial charge on any atom is 0.339 e. The first kappa shape index (κ1) is 14.4. The van der Waals surface area contributed by atoms with Gasteiger partial charge in [0.1, 0.15) is 0 Å². The van der Waals surface area contributed by atoms with Crippen LogP contribution in [0.1, 0.15) is 21.5 Å². The Morgan fingerprint density at radius 3 is 2.70 bits per heavy atom. The van der Waals surface area contributed by atoms with E-state index >= 15 is 0 Å². The van der Waals surface area contributed by atoms with Gasteiger partial charge in [-0.3, -0.25) is 0 Å². The minimum Gasteiger partial charge on any atom is -0.465 e. The minimum atomic E-state index is -0.436. The Kier molecular flexibility index (Phi) is 4.64. The summed E-state index contributed by atoms with van der Waals surface area (Å²) in [5, 5.41) is 3.67. The monoisotopic (exact) mass is 289 g/mol. The number of ether oxygens (including phenoxy) is 1. The van der Waals surface area contributed by atoms with Crippen LogP contribution >= 0.6 is 11.6 Å². The van der Waals surface area contributed by atoms with Crippen molar-refractivity contribution < 1.29 is 9.53 Å². The van der Waals surface area contributed by atoms with Gasteiger partial charge in [0.15, 0.2) is 0 Å². The Labute approximate surface area is 123 Å². The molecule has 0 saturated heterocycles. The van der Waals surface area contributed by atoms with E-state index in [1.165, 1.54) is 18.2 Å². The maximum absolute atomic E-state index is 11.6. The molecule has 0 bridgehead atoms. The molecule has 0 aliphatic rings. The van der Waals surface area contributed by atoms with Gasteiger partial charge in [-0.1, -0.05) is 35.9 Å². The Hall–Kier alpha value is -2.00. The van der Waals surface area contributed by atoms with Crippen LogP contribution in [0.3, 0.4) is 0 Å². The van der Waals surface area contributed by atoms with E-state index in [-0.39, 0.29) is 0 Å². The largest absolute Gasteiger partial charge is 0.465 e. The molecule has 3 nitrogen and oxygen atoms in total. The molecule has 0 saturated carbocycles. The van der Waals surface area contributed by atoms with Gasteiger partial charge in [-0.05, 0) is 36.2 Å². The third-order valence-corrected chi connectivity index (χ3v) is 3.45. The number of anilines is 1. The second-order valence-corrected chi connectivity index (χ2v) is 4.87. The van der Waals surface area contributed by atoms with Crippen LogP contribution in [0.2, 0.25) is 5.02 Å². The number of carbonyl (C=O) groups is 1. The molecule has 2 aromatic carbocycles. The van der Waals surface area contributed by atoms with Crippen molar-refractivity contribution in [2.75, 3.05) is 12.4 Å². The van der Waals surface area contributed by atoms with Crippen LogP contribution in [0.15, 0.2) is 42.5 Å². The van der Waals surface area contributed by atoms with Crippen LogP contribution in [-0.4, -0.2) is 13.1 Å². The van der Waals surface area contributed by atoms with E-state index in [1.54, 1.807) is 12.1 Å². The topological polar surface area (TPSA) is 38.3 Å².